The number of para-hydroxylation sites is 1. The molecule has 0 bridgehead atoms. The molecule has 0 unspecified atom stereocenters. The van der Waals surface area contributed by atoms with Gasteiger partial charge < -0.3 is 14.8 Å². The van der Waals surface area contributed by atoms with Gasteiger partial charge in [0, 0.05) is 12.6 Å². The summed E-state index contributed by atoms with van der Waals surface area (Å²) < 4.78 is 12.4. The number of carbonyl (C=O) groups excluding carboxylic acids is 1. The molecule has 1 amide bonds. The average molecular weight is 440 g/mol. The predicted molar refractivity (Wildman–Crippen MR) is 121 cm³/mol. The standard InChI is InChI=1S/C23H25N3O4S/c1-4-14(2)26-22(28)17-7-5-6-8-18(17)25-23(26)31-15(3)21(27)24-12-16-9-10-19-20(11-16)30-13-29-19/h5-11,14-15H,4,12-13H2,1-3H3,(H,24,27)/t14-,15+/m1/s1. The molecule has 31 heavy (non-hydrogen) atoms. The summed E-state index contributed by atoms with van der Waals surface area (Å²) in [5, 5.41) is 3.68. The van der Waals surface area contributed by atoms with Crippen molar-refractivity contribution in [1.82, 2.24) is 14.9 Å². The number of fused-ring (bicyclic) bond motifs is 2. The molecule has 4 rings (SSSR count). The molecule has 1 N–H and O–H groups in total. The van der Waals surface area contributed by atoms with Gasteiger partial charge in [-0.25, -0.2) is 4.98 Å². The zero-order chi connectivity index (χ0) is 22.0. The van der Waals surface area contributed by atoms with Gasteiger partial charge in [-0.1, -0.05) is 36.9 Å². The highest BCUT2D eigenvalue weighted by atomic mass is 32.2. The number of rotatable bonds is 7. The maximum atomic E-state index is 13.1. The largest absolute Gasteiger partial charge is 0.454 e. The van der Waals surface area contributed by atoms with Crippen LogP contribution in [0, 0.1) is 0 Å². The number of hydrogen-bond acceptors (Lipinski definition) is 6. The smallest absolute Gasteiger partial charge is 0.262 e. The summed E-state index contributed by atoms with van der Waals surface area (Å²) >= 11 is 1.30. The van der Waals surface area contributed by atoms with Gasteiger partial charge in [-0.15, -0.1) is 0 Å². The first-order chi connectivity index (χ1) is 15.0. The number of carbonyl (C=O) groups is 1. The van der Waals surface area contributed by atoms with Crippen molar-refractivity contribution in [2.75, 3.05) is 6.79 Å². The fourth-order valence-electron chi connectivity index (χ4n) is 3.38. The van der Waals surface area contributed by atoms with E-state index >= 15 is 0 Å². The second-order valence-electron chi connectivity index (χ2n) is 7.51. The number of nitrogens with zero attached hydrogens (tertiary/aromatic N) is 2. The Bertz CT molecular complexity index is 1180. The molecule has 3 aromatic rings. The zero-order valence-electron chi connectivity index (χ0n) is 17.8. The van der Waals surface area contributed by atoms with E-state index in [1.54, 1.807) is 10.6 Å². The summed E-state index contributed by atoms with van der Waals surface area (Å²) in [5.74, 6) is 1.28. The Kier molecular flexibility index (Phi) is 6.18. The van der Waals surface area contributed by atoms with Gasteiger partial charge in [0.05, 0.1) is 16.2 Å². The van der Waals surface area contributed by atoms with Crippen molar-refractivity contribution < 1.29 is 14.3 Å². The molecular formula is C23H25N3O4S. The van der Waals surface area contributed by atoms with Crippen LogP contribution in [0.3, 0.4) is 0 Å². The highest BCUT2D eigenvalue weighted by molar-refractivity contribution is 8.00. The lowest BCUT2D eigenvalue weighted by Gasteiger charge is -2.20. The number of benzene rings is 2. The van der Waals surface area contributed by atoms with Crippen LogP contribution in [-0.4, -0.2) is 27.5 Å². The first kappa shape index (κ1) is 21.2. The van der Waals surface area contributed by atoms with Crippen LogP contribution in [0.5, 0.6) is 11.5 Å². The van der Waals surface area contributed by atoms with E-state index in [0.717, 1.165) is 12.0 Å². The fourth-order valence-corrected chi connectivity index (χ4v) is 4.41. The van der Waals surface area contributed by atoms with Crippen molar-refractivity contribution in [3.63, 3.8) is 0 Å². The molecule has 0 saturated heterocycles. The van der Waals surface area contributed by atoms with Gasteiger partial charge in [-0.05, 0) is 50.1 Å². The minimum absolute atomic E-state index is 0.0176. The van der Waals surface area contributed by atoms with Gasteiger partial charge in [-0.3, -0.25) is 14.2 Å². The van der Waals surface area contributed by atoms with Gasteiger partial charge in [0.2, 0.25) is 12.7 Å². The highest BCUT2D eigenvalue weighted by Gasteiger charge is 2.21. The molecule has 1 aromatic heterocycles. The fraction of sp³-hybridized carbons (Fsp3) is 0.348. The zero-order valence-corrected chi connectivity index (χ0v) is 18.6. The van der Waals surface area contributed by atoms with Crippen molar-refractivity contribution in [2.24, 2.45) is 0 Å². The van der Waals surface area contributed by atoms with Crippen LogP contribution in [-0.2, 0) is 11.3 Å². The van der Waals surface area contributed by atoms with Gasteiger partial charge in [-0.2, -0.15) is 0 Å². The number of nitrogens with one attached hydrogen (secondary N) is 1. The van der Waals surface area contributed by atoms with Gasteiger partial charge in [0.25, 0.3) is 5.56 Å². The third kappa shape index (κ3) is 4.39. The second kappa shape index (κ2) is 9.01. The van der Waals surface area contributed by atoms with Crippen molar-refractivity contribution in [1.29, 1.82) is 0 Å². The predicted octanol–water partition coefficient (Wildman–Crippen LogP) is 3.89. The molecule has 8 heteroatoms. The van der Waals surface area contributed by atoms with E-state index in [1.165, 1.54) is 11.8 Å². The minimum Gasteiger partial charge on any atom is -0.454 e. The molecular weight excluding hydrogens is 414 g/mol. The van der Waals surface area contributed by atoms with Crippen molar-refractivity contribution in [3.8, 4) is 11.5 Å². The number of aromatic nitrogens is 2. The summed E-state index contributed by atoms with van der Waals surface area (Å²) in [4.78, 5) is 30.5. The van der Waals surface area contributed by atoms with Crippen LogP contribution in [0.15, 0.2) is 52.4 Å². The Hall–Kier alpha value is -3.00. The Morgan fingerprint density at radius 3 is 2.77 bits per heavy atom. The van der Waals surface area contributed by atoms with Crippen LogP contribution < -0.4 is 20.3 Å². The minimum atomic E-state index is -0.419. The van der Waals surface area contributed by atoms with Crippen LogP contribution in [0.4, 0.5) is 0 Å². The first-order valence-corrected chi connectivity index (χ1v) is 11.2. The molecule has 7 nitrogen and oxygen atoms in total. The van der Waals surface area contributed by atoms with Gasteiger partial charge >= 0.3 is 0 Å². The first-order valence-electron chi connectivity index (χ1n) is 10.3. The number of thioether (sulfide) groups is 1. The molecule has 0 radical (unpaired) electrons. The third-order valence-electron chi connectivity index (χ3n) is 5.36. The van der Waals surface area contributed by atoms with Crippen LogP contribution in [0.2, 0.25) is 0 Å². The van der Waals surface area contributed by atoms with Crippen molar-refractivity contribution >= 4 is 28.6 Å². The van der Waals surface area contributed by atoms with Crippen molar-refractivity contribution in [2.45, 2.75) is 50.2 Å². The molecule has 0 saturated carbocycles. The summed E-state index contributed by atoms with van der Waals surface area (Å²) in [7, 11) is 0. The lowest BCUT2D eigenvalue weighted by atomic mass is 10.2. The van der Waals surface area contributed by atoms with Gasteiger partial charge in [0.15, 0.2) is 16.7 Å². The summed E-state index contributed by atoms with van der Waals surface area (Å²) in [6.07, 6.45) is 0.790. The number of amides is 1. The van der Waals surface area contributed by atoms with Crippen LogP contribution >= 0.6 is 11.8 Å². The number of hydrogen-bond donors (Lipinski definition) is 1. The molecule has 2 aromatic carbocycles. The van der Waals surface area contributed by atoms with E-state index in [4.69, 9.17) is 14.5 Å². The average Bonchev–Trinajstić information content (AvgIpc) is 3.25. The lowest BCUT2D eigenvalue weighted by molar-refractivity contribution is -0.120. The van der Waals surface area contributed by atoms with E-state index in [9.17, 15) is 9.59 Å². The number of ether oxygens (including phenoxy) is 2. The molecule has 0 spiro atoms. The maximum Gasteiger partial charge on any atom is 0.262 e. The van der Waals surface area contributed by atoms with E-state index in [1.807, 2.05) is 57.2 Å². The summed E-state index contributed by atoms with van der Waals surface area (Å²) in [6, 6.07) is 12.9. The summed E-state index contributed by atoms with van der Waals surface area (Å²) in [6.45, 7) is 6.44. The Labute approximate surface area is 184 Å². The van der Waals surface area contributed by atoms with E-state index < -0.39 is 5.25 Å². The molecule has 1 aliphatic heterocycles. The summed E-state index contributed by atoms with van der Waals surface area (Å²) in [5.41, 5.74) is 1.49. The van der Waals surface area contributed by atoms with Crippen LogP contribution in [0.1, 0.15) is 38.8 Å². The normalized spacial score (nSPS) is 14.4. The molecule has 162 valence electrons. The highest BCUT2D eigenvalue weighted by Crippen LogP contribution is 2.32. The Balaban J connectivity index is 1.51. The SMILES string of the molecule is CC[C@@H](C)n1c(S[C@@H](C)C(=O)NCc2ccc3c(c2)OCO3)nc2ccccc2c1=O. The van der Waals surface area contributed by atoms with E-state index in [2.05, 4.69) is 5.32 Å². The Morgan fingerprint density at radius 2 is 1.97 bits per heavy atom. The molecule has 1 aliphatic rings. The van der Waals surface area contributed by atoms with Crippen molar-refractivity contribution in [3.05, 3.63) is 58.4 Å². The van der Waals surface area contributed by atoms with E-state index in [-0.39, 0.29) is 24.3 Å². The topological polar surface area (TPSA) is 82.5 Å². The second-order valence-corrected chi connectivity index (χ2v) is 8.82. The monoisotopic (exact) mass is 439 g/mol. The molecule has 0 aliphatic carbocycles. The molecule has 0 fully saturated rings. The quantitative estimate of drug-likeness (QED) is 0.444. The maximum absolute atomic E-state index is 13.1. The molecule has 2 atom stereocenters. The molecule has 2 heterocycles. The lowest BCUT2D eigenvalue weighted by Crippen LogP contribution is -2.32. The van der Waals surface area contributed by atoms with E-state index in [0.29, 0.717) is 34.1 Å². The van der Waals surface area contributed by atoms with Crippen LogP contribution in [0.25, 0.3) is 10.9 Å². The van der Waals surface area contributed by atoms with Gasteiger partial charge in [0.1, 0.15) is 0 Å². The third-order valence-corrected chi connectivity index (χ3v) is 6.43. The Morgan fingerprint density at radius 1 is 1.19 bits per heavy atom.